The van der Waals surface area contributed by atoms with Crippen LogP contribution in [0, 0.1) is 5.92 Å². The number of hydrogen-bond acceptors (Lipinski definition) is 2. The first kappa shape index (κ1) is 13.9. The fourth-order valence-corrected chi connectivity index (χ4v) is 3.43. The van der Waals surface area contributed by atoms with E-state index in [4.69, 9.17) is 5.73 Å². The third-order valence-corrected chi connectivity index (χ3v) is 4.69. The monoisotopic (exact) mass is 252 g/mol. The van der Waals surface area contributed by atoms with Crippen molar-refractivity contribution in [2.24, 2.45) is 11.7 Å². The lowest BCUT2D eigenvalue weighted by atomic mass is 9.82. The van der Waals surface area contributed by atoms with Gasteiger partial charge in [0.05, 0.1) is 0 Å². The van der Waals surface area contributed by atoms with Crippen LogP contribution in [0.25, 0.3) is 0 Å². The minimum atomic E-state index is -0.125. The van der Waals surface area contributed by atoms with Crippen molar-refractivity contribution in [3.63, 3.8) is 0 Å². The predicted octanol–water partition coefficient (Wildman–Crippen LogP) is 2.73. The molecule has 2 saturated carbocycles. The second-order valence-corrected chi connectivity index (χ2v) is 6.41. The Hall–Kier alpha value is -0.570. The summed E-state index contributed by atoms with van der Waals surface area (Å²) < 4.78 is 0. The van der Waals surface area contributed by atoms with E-state index in [0.717, 1.165) is 19.3 Å². The van der Waals surface area contributed by atoms with Gasteiger partial charge in [-0.05, 0) is 31.6 Å². The molecule has 2 rings (SSSR count). The maximum absolute atomic E-state index is 11.9. The van der Waals surface area contributed by atoms with E-state index >= 15 is 0 Å². The summed E-state index contributed by atoms with van der Waals surface area (Å²) in [6.45, 7) is 0.679. The quantitative estimate of drug-likeness (QED) is 0.808. The summed E-state index contributed by atoms with van der Waals surface area (Å²) in [5.41, 5.74) is 6.20. The van der Waals surface area contributed by atoms with Crippen LogP contribution in [0.3, 0.4) is 0 Å². The van der Waals surface area contributed by atoms with Gasteiger partial charge in [-0.1, -0.05) is 38.5 Å². The first-order chi connectivity index (χ1) is 8.68. The fraction of sp³-hybridized carbons (Fsp3) is 0.933. The number of nitrogens with one attached hydrogen (secondary N) is 1. The standard InChI is InChI=1S/C15H28N2O/c16-15(9-5-2-6-10-15)12-17-14(18)11-13-7-3-1-4-8-13/h13H,1-12,16H2,(H,17,18). The molecular formula is C15H28N2O. The molecular weight excluding hydrogens is 224 g/mol. The lowest BCUT2D eigenvalue weighted by Crippen LogP contribution is -2.51. The van der Waals surface area contributed by atoms with Crippen molar-refractivity contribution < 1.29 is 4.79 Å². The van der Waals surface area contributed by atoms with E-state index in [2.05, 4.69) is 5.32 Å². The number of rotatable bonds is 4. The number of nitrogens with two attached hydrogens (primary N) is 1. The molecule has 18 heavy (non-hydrogen) atoms. The Morgan fingerprint density at radius 3 is 2.33 bits per heavy atom. The molecule has 0 atom stereocenters. The second-order valence-electron chi connectivity index (χ2n) is 6.41. The van der Waals surface area contributed by atoms with Crippen LogP contribution < -0.4 is 11.1 Å². The largest absolute Gasteiger partial charge is 0.354 e. The lowest BCUT2D eigenvalue weighted by molar-refractivity contribution is -0.122. The molecule has 0 unspecified atom stereocenters. The number of amides is 1. The van der Waals surface area contributed by atoms with Crippen LogP contribution >= 0.6 is 0 Å². The predicted molar refractivity (Wildman–Crippen MR) is 74.2 cm³/mol. The maximum Gasteiger partial charge on any atom is 0.220 e. The fourth-order valence-electron chi connectivity index (χ4n) is 3.43. The average Bonchev–Trinajstić information content (AvgIpc) is 2.39. The van der Waals surface area contributed by atoms with Crippen molar-refractivity contribution in [2.45, 2.75) is 76.2 Å². The normalized spacial score (nSPS) is 24.7. The van der Waals surface area contributed by atoms with Gasteiger partial charge < -0.3 is 11.1 Å². The van der Waals surface area contributed by atoms with Gasteiger partial charge in [0.1, 0.15) is 0 Å². The summed E-state index contributed by atoms with van der Waals surface area (Å²) in [7, 11) is 0. The molecule has 2 aliphatic rings. The van der Waals surface area contributed by atoms with Crippen LogP contribution in [0.2, 0.25) is 0 Å². The van der Waals surface area contributed by atoms with E-state index in [1.165, 1.54) is 51.4 Å². The first-order valence-corrected chi connectivity index (χ1v) is 7.74. The molecule has 3 nitrogen and oxygen atoms in total. The molecule has 3 N–H and O–H groups in total. The van der Waals surface area contributed by atoms with Crippen molar-refractivity contribution in [1.82, 2.24) is 5.32 Å². The lowest BCUT2D eigenvalue weighted by Gasteiger charge is -2.33. The smallest absolute Gasteiger partial charge is 0.220 e. The molecule has 2 aliphatic carbocycles. The number of hydrogen-bond donors (Lipinski definition) is 2. The van der Waals surface area contributed by atoms with Gasteiger partial charge in [0.15, 0.2) is 0 Å². The SMILES string of the molecule is NC1(CNC(=O)CC2CCCCC2)CCCCC1. The highest BCUT2D eigenvalue weighted by atomic mass is 16.1. The summed E-state index contributed by atoms with van der Waals surface area (Å²) in [5, 5.41) is 3.08. The van der Waals surface area contributed by atoms with E-state index in [1.54, 1.807) is 0 Å². The highest BCUT2D eigenvalue weighted by Gasteiger charge is 2.28. The molecule has 2 fully saturated rings. The van der Waals surface area contributed by atoms with E-state index in [0.29, 0.717) is 12.5 Å². The van der Waals surface area contributed by atoms with Gasteiger partial charge in [0, 0.05) is 18.5 Å². The van der Waals surface area contributed by atoms with E-state index in [-0.39, 0.29) is 11.4 Å². The van der Waals surface area contributed by atoms with E-state index in [1.807, 2.05) is 0 Å². The third-order valence-electron chi connectivity index (χ3n) is 4.69. The third kappa shape index (κ3) is 4.27. The zero-order valence-electron chi connectivity index (χ0n) is 11.5. The summed E-state index contributed by atoms with van der Waals surface area (Å²) >= 11 is 0. The second kappa shape index (κ2) is 6.55. The average molecular weight is 252 g/mol. The topological polar surface area (TPSA) is 55.1 Å². The highest BCUT2D eigenvalue weighted by molar-refractivity contribution is 5.76. The van der Waals surface area contributed by atoms with Crippen molar-refractivity contribution in [1.29, 1.82) is 0 Å². The Labute approximate surface area is 111 Å². The molecule has 0 radical (unpaired) electrons. The number of carbonyl (C=O) groups is 1. The van der Waals surface area contributed by atoms with Crippen molar-refractivity contribution in [3.05, 3.63) is 0 Å². The van der Waals surface area contributed by atoms with Crippen LogP contribution in [-0.2, 0) is 4.79 Å². The van der Waals surface area contributed by atoms with Gasteiger partial charge in [-0.3, -0.25) is 4.79 Å². The molecule has 104 valence electrons. The zero-order chi connectivity index (χ0) is 12.8. The van der Waals surface area contributed by atoms with Crippen molar-refractivity contribution in [2.75, 3.05) is 6.54 Å². The van der Waals surface area contributed by atoms with Gasteiger partial charge in [0.25, 0.3) is 0 Å². The molecule has 1 amide bonds. The van der Waals surface area contributed by atoms with Crippen molar-refractivity contribution in [3.8, 4) is 0 Å². The van der Waals surface area contributed by atoms with Gasteiger partial charge >= 0.3 is 0 Å². The summed E-state index contributed by atoms with van der Waals surface area (Å²) in [4.78, 5) is 11.9. The van der Waals surface area contributed by atoms with Crippen LogP contribution in [0.1, 0.15) is 70.6 Å². The van der Waals surface area contributed by atoms with Gasteiger partial charge in [-0.2, -0.15) is 0 Å². The van der Waals surface area contributed by atoms with Crippen LogP contribution in [0.5, 0.6) is 0 Å². The summed E-state index contributed by atoms with van der Waals surface area (Å²) in [5.74, 6) is 0.844. The zero-order valence-corrected chi connectivity index (χ0v) is 11.5. The molecule has 0 aliphatic heterocycles. The Balaban J connectivity index is 1.67. The minimum Gasteiger partial charge on any atom is -0.354 e. The summed E-state index contributed by atoms with van der Waals surface area (Å²) in [6.07, 6.45) is 13.0. The molecule has 0 heterocycles. The molecule has 0 aromatic carbocycles. The van der Waals surface area contributed by atoms with Crippen LogP contribution in [0.15, 0.2) is 0 Å². The molecule has 3 heteroatoms. The van der Waals surface area contributed by atoms with Crippen molar-refractivity contribution >= 4 is 5.91 Å². The van der Waals surface area contributed by atoms with Gasteiger partial charge in [-0.25, -0.2) is 0 Å². The first-order valence-electron chi connectivity index (χ1n) is 7.74. The van der Waals surface area contributed by atoms with Crippen LogP contribution in [0.4, 0.5) is 0 Å². The highest BCUT2D eigenvalue weighted by Crippen LogP contribution is 2.27. The molecule has 0 saturated heterocycles. The Kier molecular flexibility index (Phi) is 5.04. The molecule has 0 aromatic rings. The molecule has 0 aromatic heterocycles. The minimum absolute atomic E-state index is 0.125. The molecule has 0 bridgehead atoms. The van der Waals surface area contributed by atoms with E-state index < -0.39 is 0 Å². The maximum atomic E-state index is 11.9. The van der Waals surface area contributed by atoms with E-state index in [9.17, 15) is 4.79 Å². The number of carbonyl (C=O) groups excluding carboxylic acids is 1. The van der Waals surface area contributed by atoms with Crippen LogP contribution in [-0.4, -0.2) is 18.0 Å². The summed E-state index contributed by atoms with van der Waals surface area (Å²) in [6, 6.07) is 0. The Morgan fingerprint density at radius 1 is 1.06 bits per heavy atom. The Bertz CT molecular complexity index is 266. The van der Waals surface area contributed by atoms with Gasteiger partial charge in [0.2, 0.25) is 5.91 Å². The van der Waals surface area contributed by atoms with Gasteiger partial charge in [-0.15, -0.1) is 0 Å². The molecule has 0 spiro atoms. The Morgan fingerprint density at radius 2 is 1.67 bits per heavy atom.